The molecule has 0 saturated heterocycles. The zero-order valence-corrected chi connectivity index (χ0v) is 12.1. The van der Waals surface area contributed by atoms with Crippen LogP contribution in [0.4, 0.5) is 9.18 Å². The lowest BCUT2D eigenvalue weighted by Crippen LogP contribution is -2.38. The van der Waals surface area contributed by atoms with Gasteiger partial charge in [0.05, 0.1) is 12.5 Å². The van der Waals surface area contributed by atoms with E-state index in [-0.39, 0.29) is 24.8 Å². The van der Waals surface area contributed by atoms with Crippen molar-refractivity contribution in [2.24, 2.45) is 0 Å². The van der Waals surface area contributed by atoms with Gasteiger partial charge in [0, 0.05) is 11.9 Å². The first-order valence-electron chi connectivity index (χ1n) is 6.92. The monoisotopic (exact) mass is 304 g/mol. The number of amides is 2. The lowest BCUT2D eigenvalue weighted by Gasteiger charge is -2.17. The fraction of sp³-hybridized carbons (Fsp3) is 0.250. The van der Waals surface area contributed by atoms with Gasteiger partial charge < -0.3 is 15.7 Å². The smallest absolute Gasteiger partial charge is 0.315 e. The Morgan fingerprint density at radius 2 is 1.86 bits per heavy atom. The maximum atomic E-state index is 13.8. The Hall–Kier alpha value is -2.63. The molecule has 0 aliphatic rings. The molecule has 6 heteroatoms. The Morgan fingerprint density at radius 3 is 2.55 bits per heavy atom. The summed E-state index contributed by atoms with van der Waals surface area (Å²) in [4.78, 5) is 22.1. The van der Waals surface area contributed by atoms with Gasteiger partial charge in [0.2, 0.25) is 0 Å². The van der Waals surface area contributed by atoms with Gasteiger partial charge in [0.15, 0.2) is 0 Å². The third-order valence-corrected chi connectivity index (χ3v) is 3.34. The number of carbonyl (C=O) groups is 2. The van der Waals surface area contributed by atoms with Crippen LogP contribution in [-0.4, -0.2) is 23.7 Å². The highest BCUT2D eigenvalue weighted by atomic mass is 19.1. The summed E-state index contributed by atoms with van der Waals surface area (Å²) >= 11 is 0. The fourth-order valence-corrected chi connectivity index (χ4v) is 2.27. The molecule has 0 aliphatic heterocycles. The van der Waals surface area contributed by atoms with Crippen LogP contribution in [0.3, 0.4) is 0 Å². The maximum absolute atomic E-state index is 13.8. The fourth-order valence-electron chi connectivity index (χ4n) is 2.27. The predicted molar refractivity (Wildman–Crippen MR) is 81.1 cm³/mol. The van der Waals surface area contributed by atoms with E-state index in [9.17, 15) is 14.0 Å². The van der Waals surface area contributed by atoms with Crippen molar-refractivity contribution in [3.63, 3.8) is 0 Å². The molecule has 2 amide bonds. The standard InChI is InChI=1S/C16H17FN2O3/c1-10(19-16(22)18-9-8-15(20)21)11-6-7-14(17)13-5-3-2-4-12(11)13/h2-7,10H,8-9H2,1H3,(H,20,21)(H2,18,19,22). The highest BCUT2D eigenvalue weighted by molar-refractivity contribution is 5.87. The number of hydrogen-bond acceptors (Lipinski definition) is 2. The van der Waals surface area contributed by atoms with Crippen molar-refractivity contribution in [2.45, 2.75) is 19.4 Å². The zero-order chi connectivity index (χ0) is 16.1. The van der Waals surface area contributed by atoms with Crippen LogP contribution in [0.1, 0.15) is 24.9 Å². The van der Waals surface area contributed by atoms with Crippen LogP contribution in [0.15, 0.2) is 36.4 Å². The minimum absolute atomic E-state index is 0.0536. The van der Waals surface area contributed by atoms with E-state index in [1.54, 1.807) is 31.2 Å². The molecule has 116 valence electrons. The van der Waals surface area contributed by atoms with E-state index in [1.165, 1.54) is 6.07 Å². The highest BCUT2D eigenvalue weighted by Crippen LogP contribution is 2.26. The SMILES string of the molecule is CC(NC(=O)NCCC(=O)O)c1ccc(F)c2ccccc12. The molecule has 0 radical (unpaired) electrons. The van der Waals surface area contributed by atoms with Gasteiger partial charge in [0.25, 0.3) is 0 Å². The Kier molecular flexibility index (Phi) is 4.93. The number of halogens is 1. The van der Waals surface area contributed by atoms with E-state index in [4.69, 9.17) is 5.11 Å². The number of urea groups is 1. The topological polar surface area (TPSA) is 78.4 Å². The molecule has 1 atom stereocenters. The Bertz CT molecular complexity index is 703. The molecule has 0 saturated carbocycles. The van der Waals surface area contributed by atoms with Crippen LogP contribution in [0.5, 0.6) is 0 Å². The maximum Gasteiger partial charge on any atom is 0.315 e. The molecule has 22 heavy (non-hydrogen) atoms. The summed E-state index contributed by atoms with van der Waals surface area (Å²) < 4.78 is 13.8. The minimum atomic E-state index is -0.974. The Morgan fingerprint density at radius 1 is 1.18 bits per heavy atom. The second-order valence-corrected chi connectivity index (χ2v) is 4.95. The first-order valence-corrected chi connectivity index (χ1v) is 6.92. The van der Waals surface area contributed by atoms with Gasteiger partial charge in [-0.05, 0) is 23.9 Å². The number of carbonyl (C=O) groups excluding carboxylic acids is 1. The summed E-state index contributed by atoms with van der Waals surface area (Å²) in [5.41, 5.74) is 0.797. The molecule has 2 aromatic rings. The van der Waals surface area contributed by atoms with Crippen LogP contribution in [0, 0.1) is 5.82 Å². The molecule has 0 spiro atoms. The molecule has 2 rings (SSSR count). The van der Waals surface area contributed by atoms with Gasteiger partial charge >= 0.3 is 12.0 Å². The molecule has 0 heterocycles. The van der Waals surface area contributed by atoms with Gasteiger partial charge in [-0.2, -0.15) is 0 Å². The van der Waals surface area contributed by atoms with E-state index in [2.05, 4.69) is 10.6 Å². The predicted octanol–water partition coefficient (Wildman–Crippen LogP) is 2.81. The van der Waals surface area contributed by atoms with Crippen LogP contribution in [0.25, 0.3) is 10.8 Å². The number of nitrogens with one attached hydrogen (secondary N) is 2. The van der Waals surface area contributed by atoms with Gasteiger partial charge in [-0.3, -0.25) is 4.79 Å². The summed E-state index contributed by atoms with van der Waals surface area (Å²) in [7, 11) is 0. The average molecular weight is 304 g/mol. The van der Waals surface area contributed by atoms with Crippen molar-refractivity contribution in [1.82, 2.24) is 10.6 Å². The molecule has 1 unspecified atom stereocenters. The molecular formula is C16H17FN2O3. The van der Waals surface area contributed by atoms with Crippen molar-refractivity contribution in [3.05, 3.63) is 47.8 Å². The first kappa shape index (κ1) is 15.8. The third-order valence-electron chi connectivity index (χ3n) is 3.34. The normalized spacial score (nSPS) is 11.9. The van der Waals surface area contributed by atoms with E-state index < -0.39 is 12.0 Å². The van der Waals surface area contributed by atoms with Gasteiger partial charge in [-0.1, -0.05) is 30.3 Å². The van der Waals surface area contributed by atoms with E-state index in [1.807, 2.05) is 6.07 Å². The minimum Gasteiger partial charge on any atom is -0.481 e. The number of fused-ring (bicyclic) bond motifs is 1. The number of aliphatic carboxylic acids is 1. The average Bonchev–Trinajstić information content (AvgIpc) is 2.47. The summed E-state index contributed by atoms with van der Waals surface area (Å²) in [5, 5.41) is 14.9. The largest absolute Gasteiger partial charge is 0.481 e. The van der Waals surface area contributed by atoms with E-state index in [0.29, 0.717) is 5.39 Å². The summed E-state index contributed by atoms with van der Waals surface area (Å²) in [6.45, 7) is 1.84. The lowest BCUT2D eigenvalue weighted by atomic mass is 9.99. The first-order chi connectivity index (χ1) is 10.5. The number of hydrogen-bond donors (Lipinski definition) is 3. The summed E-state index contributed by atoms with van der Waals surface area (Å²) in [6.07, 6.45) is -0.138. The Labute approximate surface area is 127 Å². The van der Waals surface area contributed by atoms with E-state index >= 15 is 0 Å². The molecule has 0 fully saturated rings. The molecule has 3 N–H and O–H groups in total. The number of rotatable bonds is 5. The van der Waals surface area contributed by atoms with Gasteiger partial charge in [-0.25, -0.2) is 9.18 Å². The van der Waals surface area contributed by atoms with Crippen molar-refractivity contribution < 1.29 is 19.1 Å². The van der Waals surface area contributed by atoms with Crippen LogP contribution >= 0.6 is 0 Å². The van der Waals surface area contributed by atoms with Crippen LogP contribution < -0.4 is 10.6 Å². The second kappa shape index (κ2) is 6.89. The highest BCUT2D eigenvalue weighted by Gasteiger charge is 2.13. The van der Waals surface area contributed by atoms with Crippen LogP contribution in [0.2, 0.25) is 0 Å². The van der Waals surface area contributed by atoms with Gasteiger partial charge in [-0.15, -0.1) is 0 Å². The molecule has 0 aromatic heterocycles. The van der Waals surface area contributed by atoms with Gasteiger partial charge in [0.1, 0.15) is 5.82 Å². The molecular weight excluding hydrogens is 287 g/mol. The second-order valence-electron chi connectivity index (χ2n) is 4.95. The third kappa shape index (κ3) is 3.72. The summed E-state index contributed by atoms with van der Waals surface area (Å²) in [5.74, 6) is -1.28. The quantitative estimate of drug-likeness (QED) is 0.795. The molecule has 2 aromatic carbocycles. The number of carboxylic acid groups (broad SMARTS) is 1. The van der Waals surface area contributed by atoms with Crippen molar-refractivity contribution in [2.75, 3.05) is 6.54 Å². The molecule has 5 nitrogen and oxygen atoms in total. The van der Waals surface area contributed by atoms with Crippen LogP contribution in [-0.2, 0) is 4.79 Å². The number of benzene rings is 2. The Balaban J connectivity index is 2.10. The van der Waals surface area contributed by atoms with E-state index in [0.717, 1.165) is 10.9 Å². The lowest BCUT2D eigenvalue weighted by molar-refractivity contribution is -0.136. The zero-order valence-electron chi connectivity index (χ0n) is 12.1. The number of carboxylic acids is 1. The molecule has 0 aliphatic carbocycles. The van der Waals surface area contributed by atoms with Crippen molar-refractivity contribution in [3.8, 4) is 0 Å². The summed E-state index contributed by atoms with van der Waals surface area (Å²) in [6, 6.07) is 9.27. The molecule has 0 bridgehead atoms. The van der Waals surface area contributed by atoms with Crippen molar-refractivity contribution >= 4 is 22.8 Å². The van der Waals surface area contributed by atoms with Crippen molar-refractivity contribution in [1.29, 1.82) is 0 Å².